The molecular formula is C27H20Cl2F3N7O3. The van der Waals surface area contributed by atoms with Crippen LogP contribution in [0.1, 0.15) is 25.1 Å². The molecule has 0 aliphatic rings. The van der Waals surface area contributed by atoms with Gasteiger partial charge in [-0.05, 0) is 42.8 Å². The molecule has 10 nitrogen and oxygen atoms in total. The first kappa shape index (κ1) is 29.0. The normalized spacial score (nSPS) is 12.4. The van der Waals surface area contributed by atoms with Crippen molar-refractivity contribution in [2.45, 2.75) is 25.6 Å². The van der Waals surface area contributed by atoms with Gasteiger partial charge in [0.15, 0.2) is 10.8 Å². The number of nitrogens with zero attached hydrogens (tertiary/aromatic N) is 6. The number of ether oxygens (including phenoxy) is 1. The van der Waals surface area contributed by atoms with E-state index in [1.54, 1.807) is 25.1 Å². The van der Waals surface area contributed by atoms with E-state index in [4.69, 9.17) is 27.9 Å². The number of benzene rings is 2. The highest BCUT2D eigenvalue weighted by Crippen LogP contribution is 2.36. The number of carbonyl (C=O) groups is 1. The number of methoxy groups -OCH3 is 1. The van der Waals surface area contributed by atoms with Gasteiger partial charge < -0.3 is 10.1 Å². The number of hydrogen-bond donors (Lipinski definition) is 1. The maximum atomic E-state index is 13.4. The molecule has 0 radical (unpaired) electrons. The Morgan fingerprint density at radius 1 is 1.07 bits per heavy atom. The average Bonchev–Trinajstić information content (AvgIpc) is 3.39. The lowest BCUT2D eigenvalue weighted by Gasteiger charge is -2.21. The Balaban J connectivity index is 1.50. The van der Waals surface area contributed by atoms with E-state index in [2.05, 4.69) is 25.6 Å². The number of aromatic nitrogens is 6. The lowest BCUT2D eigenvalue weighted by atomic mass is 10.0. The van der Waals surface area contributed by atoms with Gasteiger partial charge in [0.05, 0.1) is 42.4 Å². The molecule has 15 heteroatoms. The minimum atomic E-state index is -4.67. The Labute approximate surface area is 245 Å². The van der Waals surface area contributed by atoms with Crippen LogP contribution < -0.4 is 15.6 Å². The van der Waals surface area contributed by atoms with Gasteiger partial charge in [0.1, 0.15) is 11.8 Å². The van der Waals surface area contributed by atoms with Gasteiger partial charge in [-0.25, -0.2) is 9.67 Å². The second-order valence-corrected chi connectivity index (χ2v) is 9.84. The van der Waals surface area contributed by atoms with Crippen molar-refractivity contribution in [3.63, 3.8) is 0 Å². The predicted octanol–water partition coefficient (Wildman–Crippen LogP) is 5.96. The molecule has 3 aromatic heterocycles. The molecule has 0 bridgehead atoms. The van der Waals surface area contributed by atoms with E-state index in [0.29, 0.717) is 28.0 Å². The van der Waals surface area contributed by atoms with E-state index in [9.17, 15) is 22.8 Å². The number of rotatable bonds is 7. The summed E-state index contributed by atoms with van der Waals surface area (Å²) in [6.07, 6.45) is -0.924. The third kappa shape index (κ3) is 5.78. The van der Waals surface area contributed by atoms with Crippen molar-refractivity contribution in [2.24, 2.45) is 0 Å². The molecule has 0 spiro atoms. The minimum absolute atomic E-state index is 0.0511. The third-order valence-corrected chi connectivity index (χ3v) is 6.76. The van der Waals surface area contributed by atoms with Crippen LogP contribution in [0.4, 0.5) is 18.9 Å². The van der Waals surface area contributed by atoms with E-state index in [1.807, 2.05) is 0 Å². The predicted molar refractivity (Wildman–Crippen MR) is 150 cm³/mol. The molecule has 42 heavy (non-hydrogen) atoms. The Kier molecular flexibility index (Phi) is 7.89. The van der Waals surface area contributed by atoms with Crippen LogP contribution in [-0.4, -0.2) is 42.5 Å². The summed E-state index contributed by atoms with van der Waals surface area (Å²) in [5.74, 6) is -0.314. The Bertz CT molecular complexity index is 1870. The SMILES string of the molecule is CCC(C(=O)Nc1ccc2ncc(C(F)(F)F)nc2c1)n1cc(OC)c(-c2cc(Cl)ccc2-n2cc(Cl)nn2)cc1=O. The molecule has 2 aromatic carbocycles. The first-order valence-electron chi connectivity index (χ1n) is 12.3. The van der Waals surface area contributed by atoms with Crippen LogP contribution in [0, 0.1) is 0 Å². The lowest BCUT2D eigenvalue weighted by Crippen LogP contribution is -2.32. The van der Waals surface area contributed by atoms with Gasteiger partial charge in [-0.1, -0.05) is 35.3 Å². The summed E-state index contributed by atoms with van der Waals surface area (Å²) in [5.41, 5.74) is 0.0826. The quantitative estimate of drug-likeness (QED) is 0.239. The van der Waals surface area contributed by atoms with Crippen molar-refractivity contribution in [1.82, 2.24) is 29.5 Å². The van der Waals surface area contributed by atoms with Gasteiger partial charge in [-0.15, -0.1) is 5.10 Å². The first-order valence-corrected chi connectivity index (χ1v) is 13.1. The summed E-state index contributed by atoms with van der Waals surface area (Å²) in [5, 5.41) is 11.0. The smallest absolute Gasteiger partial charge is 0.434 e. The van der Waals surface area contributed by atoms with E-state index in [1.165, 1.54) is 53.0 Å². The number of alkyl halides is 3. The molecule has 1 atom stereocenters. The topological polar surface area (TPSA) is 117 Å². The number of pyridine rings is 1. The van der Waals surface area contributed by atoms with Crippen molar-refractivity contribution >= 4 is 45.8 Å². The number of nitrogens with one attached hydrogen (secondary N) is 1. The summed E-state index contributed by atoms with van der Waals surface area (Å²) < 4.78 is 47.5. The van der Waals surface area contributed by atoms with Gasteiger partial charge in [-0.3, -0.25) is 19.1 Å². The summed E-state index contributed by atoms with van der Waals surface area (Å²) >= 11 is 12.2. The zero-order valence-electron chi connectivity index (χ0n) is 21.9. The summed E-state index contributed by atoms with van der Waals surface area (Å²) in [6.45, 7) is 1.71. The van der Waals surface area contributed by atoms with E-state index in [-0.39, 0.29) is 34.0 Å². The zero-order valence-corrected chi connectivity index (χ0v) is 23.4. The number of anilines is 1. The first-order chi connectivity index (χ1) is 20.0. The molecule has 1 N–H and O–H groups in total. The summed E-state index contributed by atoms with van der Waals surface area (Å²) in [4.78, 5) is 34.1. The molecule has 1 amide bonds. The summed E-state index contributed by atoms with van der Waals surface area (Å²) in [6, 6.07) is 9.48. The average molecular weight is 618 g/mol. The fourth-order valence-electron chi connectivity index (χ4n) is 4.39. The Morgan fingerprint density at radius 3 is 2.52 bits per heavy atom. The monoisotopic (exact) mass is 617 g/mol. The van der Waals surface area contributed by atoms with Gasteiger partial charge in [0.25, 0.3) is 5.56 Å². The number of halogens is 5. The molecule has 5 aromatic rings. The molecule has 0 saturated carbocycles. The van der Waals surface area contributed by atoms with Crippen molar-refractivity contribution in [3.8, 4) is 22.6 Å². The van der Waals surface area contributed by atoms with Crippen LogP contribution in [-0.2, 0) is 11.0 Å². The lowest BCUT2D eigenvalue weighted by molar-refractivity contribution is -0.141. The summed E-state index contributed by atoms with van der Waals surface area (Å²) in [7, 11) is 1.41. The van der Waals surface area contributed by atoms with Crippen LogP contribution in [0.25, 0.3) is 27.8 Å². The molecule has 5 rings (SSSR count). The fraction of sp³-hybridized carbons (Fsp3) is 0.185. The largest absolute Gasteiger partial charge is 0.495 e. The molecular weight excluding hydrogens is 598 g/mol. The van der Waals surface area contributed by atoms with Crippen molar-refractivity contribution in [1.29, 1.82) is 0 Å². The third-order valence-electron chi connectivity index (χ3n) is 6.35. The highest BCUT2D eigenvalue weighted by atomic mass is 35.5. The number of carbonyl (C=O) groups excluding carboxylic acids is 1. The van der Waals surface area contributed by atoms with Crippen LogP contribution >= 0.6 is 23.2 Å². The molecule has 3 heterocycles. The second kappa shape index (κ2) is 11.4. The van der Waals surface area contributed by atoms with Gasteiger partial charge >= 0.3 is 6.18 Å². The minimum Gasteiger partial charge on any atom is -0.495 e. The number of fused-ring (bicyclic) bond motifs is 1. The van der Waals surface area contributed by atoms with E-state index >= 15 is 0 Å². The standard InChI is InChI=1S/C27H20Cl2F3N7O3/c1-3-20(26(41)34-15-5-6-18-19(9-15)35-23(11-33-18)27(30,31)32)38-12-22(42-2)17(10-25(38)40)16-8-14(28)4-7-21(16)39-13-24(29)36-37-39/h4-13,20H,3H2,1-2H3,(H,34,41). The molecule has 0 aliphatic heterocycles. The van der Waals surface area contributed by atoms with Crippen molar-refractivity contribution < 1.29 is 22.7 Å². The van der Waals surface area contributed by atoms with Crippen LogP contribution in [0.5, 0.6) is 5.75 Å². The van der Waals surface area contributed by atoms with Crippen molar-refractivity contribution in [2.75, 3.05) is 12.4 Å². The Morgan fingerprint density at radius 2 is 1.86 bits per heavy atom. The Hall–Kier alpha value is -4.49. The molecule has 0 fully saturated rings. The van der Waals surface area contributed by atoms with Crippen molar-refractivity contribution in [3.05, 3.63) is 87.3 Å². The van der Waals surface area contributed by atoms with Gasteiger partial charge in [0.2, 0.25) is 5.91 Å². The number of hydrogen-bond acceptors (Lipinski definition) is 7. The molecule has 216 valence electrons. The molecule has 0 saturated heterocycles. The molecule has 1 unspecified atom stereocenters. The second-order valence-electron chi connectivity index (χ2n) is 9.02. The van der Waals surface area contributed by atoms with E-state index in [0.717, 1.165) is 0 Å². The maximum absolute atomic E-state index is 13.4. The van der Waals surface area contributed by atoms with Crippen LogP contribution in [0.3, 0.4) is 0 Å². The van der Waals surface area contributed by atoms with Gasteiger partial charge in [0, 0.05) is 27.9 Å². The maximum Gasteiger partial charge on any atom is 0.434 e. The fourth-order valence-corrected chi connectivity index (χ4v) is 4.69. The van der Waals surface area contributed by atoms with Crippen LogP contribution in [0.2, 0.25) is 10.2 Å². The van der Waals surface area contributed by atoms with Crippen LogP contribution in [0.15, 0.2) is 65.8 Å². The number of amides is 1. The highest BCUT2D eigenvalue weighted by molar-refractivity contribution is 6.31. The van der Waals surface area contributed by atoms with Gasteiger partial charge in [-0.2, -0.15) is 13.2 Å². The zero-order chi connectivity index (χ0) is 30.2. The van der Waals surface area contributed by atoms with E-state index < -0.39 is 29.4 Å². The molecule has 0 aliphatic carbocycles. The highest BCUT2D eigenvalue weighted by Gasteiger charge is 2.33.